The predicted octanol–water partition coefficient (Wildman–Crippen LogP) is 4.45. The van der Waals surface area contributed by atoms with E-state index in [1.165, 1.54) is 0 Å². The average Bonchev–Trinajstić information content (AvgIpc) is 3.42. The Morgan fingerprint density at radius 3 is 2.71 bits per heavy atom. The van der Waals surface area contributed by atoms with Gasteiger partial charge in [-0.1, -0.05) is 13.0 Å². The largest absolute Gasteiger partial charge is 0.494 e. The first-order valence-corrected chi connectivity index (χ1v) is 11.3. The number of amides is 1. The molecular weight excluding hydrogens is 416 g/mol. The second-order valence-corrected chi connectivity index (χ2v) is 7.71. The minimum atomic E-state index is -0.152. The maximum absolute atomic E-state index is 12.8. The van der Waals surface area contributed by atoms with Crippen molar-refractivity contribution < 1.29 is 18.7 Å². The van der Waals surface area contributed by atoms with E-state index in [0.717, 1.165) is 17.8 Å². The highest BCUT2D eigenvalue weighted by atomic mass is 32.1. The molecule has 31 heavy (non-hydrogen) atoms. The van der Waals surface area contributed by atoms with Crippen molar-refractivity contribution in [1.29, 1.82) is 0 Å². The molecule has 8 nitrogen and oxygen atoms in total. The number of hydrogen-bond acceptors (Lipinski definition) is 8. The smallest absolute Gasteiger partial charge is 0.257 e. The molecule has 0 radical (unpaired) electrons. The Hall–Kier alpha value is -2.91. The first kappa shape index (κ1) is 22.8. The van der Waals surface area contributed by atoms with Crippen LogP contribution in [0.5, 0.6) is 11.5 Å². The van der Waals surface area contributed by atoms with Gasteiger partial charge in [0, 0.05) is 6.07 Å². The van der Waals surface area contributed by atoms with Crippen LogP contribution >= 0.6 is 11.3 Å². The summed E-state index contributed by atoms with van der Waals surface area (Å²) in [5.41, 5.74) is 0.590. The van der Waals surface area contributed by atoms with Gasteiger partial charge >= 0.3 is 0 Å². The molecule has 2 heterocycles. The van der Waals surface area contributed by atoms with Gasteiger partial charge in [-0.15, -0.1) is 21.5 Å². The van der Waals surface area contributed by atoms with Crippen molar-refractivity contribution >= 4 is 22.9 Å². The lowest BCUT2D eigenvalue weighted by Gasteiger charge is -2.20. The van der Waals surface area contributed by atoms with E-state index in [1.807, 2.05) is 42.3 Å². The molecule has 9 heteroatoms. The predicted molar refractivity (Wildman–Crippen MR) is 121 cm³/mol. The van der Waals surface area contributed by atoms with Crippen LogP contribution in [0.1, 0.15) is 33.1 Å². The van der Waals surface area contributed by atoms with Crippen molar-refractivity contribution in [2.24, 2.45) is 0 Å². The SMILES string of the molecule is CCCN(CC(=O)Nc1cc(OCC)ccc1OCC)Cc1nnc(-c2cccs2)o1. The minimum absolute atomic E-state index is 0.152. The molecule has 0 atom stereocenters. The van der Waals surface area contributed by atoms with Crippen molar-refractivity contribution in [3.8, 4) is 22.3 Å². The van der Waals surface area contributed by atoms with Crippen LogP contribution in [0, 0.1) is 0 Å². The van der Waals surface area contributed by atoms with E-state index in [1.54, 1.807) is 23.5 Å². The van der Waals surface area contributed by atoms with Crippen LogP contribution in [-0.2, 0) is 11.3 Å². The summed E-state index contributed by atoms with van der Waals surface area (Å²) in [6.45, 7) is 8.24. The molecule has 0 unspecified atom stereocenters. The fourth-order valence-electron chi connectivity index (χ4n) is 3.08. The third kappa shape index (κ3) is 6.53. The first-order chi connectivity index (χ1) is 15.1. The summed E-state index contributed by atoms with van der Waals surface area (Å²) in [4.78, 5) is 15.7. The maximum Gasteiger partial charge on any atom is 0.257 e. The summed E-state index contributed by atoms with van der Waals surface area (Å²) in [5.74, 6) is 2.12. The monoisotopic (exact) mass is 444 g/mol. The van der Waals surface area contributed by atoms with Gasteiger partial charge in [0.2, 0.25) is 11.8 Å². The van der Waals surface area contributed by atoms with Gasteiger partial charge in [0.05, 0.1) is 36.9 Å². The van der Waals surface area contributed by atoms with E-state index in [0.29, 0.717) is 48.7 Å². The Balaban J connectivity index is 1.66. The average molecular weight is 445 g/mol. The summed E-state index contributed by atoms with van der Waals surface area (Å²) in [5, 5.41) is 13.2. The number of nitrogens with one attached hydrogen (secondary N) is 1. The number of thiophene rings is 1. The second-order valence-electron chi connectivity index (χ2n) is 6.76. The number of carbonyl (C=O) groups is 1. The molecule has 3 aromatic rings. The van der Waals surface area contributed by atoms with Gasteiger partial charge in [-0.3, -0.25) is 9.69 Å². The standard InChI is InChI=1S/C22H28N4O4S/c1-4-11-26(15-21-24-25-22(30-21)19-8-7-12-31-19)14-20(27)23-17-13-16(28-5-2)9-10-18(17)29-6-3/h7-10,12-13H,4-6,11,14-15H2,1-3H3,(H,23,27). The molecule has 0 aliphatic carbocycles. The topological polar surface area (TPSA) is 89.7 Å². The lowest BCUT2D eigenvalue weighted by atomic mass is 10.2. The van der Waals surface area contributed by atoms with Gasteiger partial charge in [0.15, 0.2) is 0 Å². The molecule has 1 N–H and O–H groups in total. The van der Waals surface area contributed by atoms with Crippen molar-refractivity contribution in [2.75, 3.05) is 31.6 Å². The van der Waals surface area contributed by atoms with E-state index in [-0.39, 0.29) is 12.5 Å². The van der Waals surface area contributed by atoms with Crippen LogP contribution in [-0.4, -0.2) is 47.3 Å². The highest BCUT2D eigenvalue weighted by Crippen LogP contribution is 2.29. The van der Waals surface area contributed by atoms with Gasteiger partial charge in [-0.05, 0) is 50.4 Å². The zero-order valence-electron chi connectivity index (χ0n) is 18.1. The Labute approximate surface area is 186 Å². The molecule has 2 aromatic heterocycles. The fourth-order valence-corrected chi connectivity index (χ4v) is 3.72. The van der Waals surface area contributed by atoms with E-state index in [4.69, 9.17) is 13.9 Å². The van der Waals surface area contributed by atoms with Gasteiger partial charge < -0.3 is 19.2 Å². The maximum atomic E-state index is 12.8. The highest BCUT2D eigenvalue weighted by Gasteiger charge is 2.17. The zero-order valence-corrected chi connectivity index (χ0v) is 18.9. The number of hydrogen-bond donors (Lipinski definition) is 1. The summed E-state index contributed by atoms with van der Waals surface area (Å²) in [6.07, 6.45) is 0.892. The van der Waals surface area contributed by atoms with E-state index in [2.05, 4.69) is 22.4 Å². The van der Waals surface area contributed by atoms with E-state index in [9.17, 15) is 4.79 Å². The molecule has 166 valence electrons. The highest BCUT2D eigenvalue weighted by molar-refractivity contribution is 7.13. The first-order valence-electron chi connectivity index (χ1n) is 10.4. The third-order valence-corrected chi connectivity index (χ3v) is 5.16. The lowest BCUT2D eigenvalue weighted by molar-refractivity contribution is -0.117. The Kier molecular flexibility index (Phi) is 8.43. The Bertz CT molecular complexity index is 958. The summed E-state index contributed by atoms with van der Waals surface area (Å²) >= 11 is 1.54. The van der Waals surface area contributed by atoms with E-state index >= 15 is 0 Å². The molecule has 0 aliphatic heterocycles. The lowest BCUT2D eigenvalue weighted by Crippen LogP contribution is -2.33. The van der Waals surface area contributed by atoms with Crippen LogP contribution in [0.3, 0.4) is 0 Å². The van der Waals surface area contributed by atoms with Crippen LogP contribution in [0.2, 0.25) is 0 Å². The number of rotatable bonds is 12. The molecule has 1 amide bonds. The van der Waals surface area contributed by atoms with Crippen molar-refractivity contribution in [1.82, 2.24) is 15.1 Å². The Morgan fingerprint density at radius 2 is 2.00 bits per heavy atom. The molecule has 0 bridgehead atoms. The van der Waals surface area contributed by atoms with E-state index < -0.39 is 0 Å². The van der Waals surface area contributed by atoms with Crippen molar-refractivity contribution in [3.05, 3.63) is 41.6 Å². The second kappa shape index (κ2) is 11.5. The quantitative estimate of drug-likeness (QED) is 0.441. The Morgan fingerprint density at radius 1 is 1.16 bits per heavy atom. The summed E-state index contributed by atoms with van der Waals surface area (Å²) < 4.78 is 17.0. The normalized spacial score (nSPS) is 11.0. The van der Waals surface area contributed by atoms with Gasteiger partial charge in [0.1, 0.15) is 11.5 Å². The van der Waals surface area contributed by atoms with Crippen LogP contribution < -0.4 is 14.8 Å². The number of ether oxygens (including phenoxy) is 2. The molecule has 0 saturated carbocycles. The molecule has 0 aliphatic rings. The zero-order chi connectivity index (χ0) is 22.1. The number of carbonyl (C=O) groups excluding carboxylic acids is 1. The molecule has 0 spiro atoms. The number of benzene rings is 1. The molecular formula is C22H28N4O4S. The van der Waals surface area contributed by atoms with Gasteiger partial charge in [0.25, 0.3) is 5.89 Å². The van der Waals surface area contributed by atoms with Gasteiger partial charge in [-0.2, -0.15) is 0 Å². The minimum Gasteiger partial charge on any atom is -0.494 e. The number of aromatic nitrogens is 2. The molecule has 1 aromatic carbocycles. The number of nitrogens with zero attached hydrogens (tertiary/aromatic N) is 3. The molecule has 0 fully saturated rings. The summed E-state index contributed by atoms with van der Waals surface area (Å²) in [6, 6.07) is 9.29. The van der Waals surface area contributed by atoms with Crippen LogP contribution in [0.15, 0.2) is 40.1 Å². The van der Waals surface area contributed by atoms with Crippen molar-refractivity contribution in [2.45, 2.75) is 33.7 Å². The third-order valence-electron chi connectivity index (χ3n) is 4.30. The molecule has 0 saturated heterocycles. The fraction of sp³-hybridized carbons (Fsp3) is 0.409. The van der Waals surface area contributed by atoms with Crippen molar-refractivity contribution in [3.63, 3.8) is 0 Å². The molecule has 3 rings (SSSR count). The number of anilines is 1. The van der Waals surface area contributed by atoms with Crippen LogP contribution in [0.4, 0.5) is 5.69 Å². The van der Waals surface area contributed by atoms with Crippen LogP contribution in [0.25, 0.3) is 10.8 Å². The summed E-state index contributed by atoms with van der Waals surface area (Å²) in [7, 11) is 0. The van der Waals surface area contributed by atoms with Gasteiger partial charge in [-0.25, -0.2) is 0 Å².